The number of carbonyl (C=O) groups excluding carboxylic acids is 1. The fourth-order valence-corrected chi connectivity index (χ4v) is 4.84. The smallest absolute Gasteiger partial charge is 0.230 e. The number of carbonyl (C=O) groups is 1. The molecule has 0 fully saturated rings. The highest BCUT2D eigenvalue weighted by atomic mass is 35.5. The molecular weight excluding hydrogens is 455 g/mol. The summed E-state index contributed by atoms with van der Waals surface area (Å²) in [6.45, 7) is 0. The fraction of sp³-hybridized carbons (Fsp3) is 0.136. The van der Waals surface area contributed by atoms with Gasteiger partial charge in [-0.15, -0.1) is 11.3 Å². The molecule has 158 valence electrons. The second-order valence-corrected chi connectivity index (χ2v) is 9.22. The van der Waals surface area contributed by atoms with E-state index in [4.69, 9.17) is 11.6 Å². The third-order valence-corrected chi connectivity index (χ3v) is 6.66. The van der Waals surface area contributed by atoms with E-state index in [0.717, 1.165) is 15.7 Å². The van der Waals surface area contributed by atoms with Crippen molar-refractivity contribution in [2.75, 3.05) is 5.32 Å². The Bertz CT molecular complexity index is 1220. The number of benzene rings is 2. The van der Waals surface area contributed by atoms with Crippen molar-refractivity contribution in [3.63, 3.8) is 0 Å². The van der Waals surface area contributed by atoms with Crippen LogP contribution in [0.3, 0.4) is 0 Å². The maximum atomic E-state index is 13.8. The molecule has 0 aliphatic carbocycles. The van der Waals surface area contributed by atoms with Crippen LogP contribution in [0.5, 0.6) is 0 Å². The van der Waals surface area contributed by atoms with E-state index in [1.54, 1.807) is 12.3 Å². The highest BCUT2D eigenvalue weighted by molar-refractivity contribution is 7.99. The van der Waals surface area contributed by atoms with E-state index < -0.39 is 5.82 Å². The number of halogens is 2. The van der Waals surface area contributed by atoms with Gasteiger partial charge in [-0.2, -0.15) is 0 Å². The van der Waals surface area contributed by atoms with Gasteiger partial charge in [0.15, 0.2) is 5.16 Å². The van der Waals surface area contributed by atoms with Crippen LogP contribution >= 0.6 is 34.7 Å². The Balaban J connectivity index is 1.43. The molecule has 1 amide bonds. The van der Waals surface area contributed by atoms with Crippen LogP contribution in [0.1, 0.15) is 16.3 Å². The Morgan fingerprint density at radius 2 is 2.16 bits per heavy atom. The molecule has 0 bridgehead atoms. The average Bonchev–Trinajstić information content (AvgIpc) is 3.32. The molecular formula is C22H18ClFN4OS2. The summed E-state index contributed by atoms with van der Waals surface area (Å²) in [6, 6.07) is 11.9. The third kappa shape index (κ3) is 5.72. The summed E-state index contributed by atoms with van der Waals surface area (Å²) in [5.41, 5.74) is 2.15. The zero-order valence-electron chi connectivity index (χ0n) is 16.5. The lowest BCUT2D eigenvalue weighted by atomic mass is 10.2. The van der Waals surface area contributed by atoms with Crippen LogP contribution in [0.2, 0.25) is 5.02 Å². The molecule has 4 aromatic rings. The maximum absolute atomic E-state index is 13.8. The van der Waals surface area contributed by atoms with E-state index >= 15 is 0 Å². The van der Waals surface area contributed by atoms with Crippen molar-refractivity contribution in [3.8, 4) is 0 Å². The molecule has 4 rings (SSSR count). The second kappa shape index (κ2) is 9.64. The zero-order valence-corrected chi connectivity index (χ0v) is 18.9. The van der Waals surface area contributed by atoms with E-state index in [1.807, 2.05) is 47.5 Å². The van der Waals surface area contributed by atoms with E-state index in [2.05, 4.69) is 15.3 Å². The molecule has 0 radical (unpaired) electrons. The summed E-state index contributed by atoms with van der Waals surface area (Å²) >= 11 is 8.89. The van der Waals surface area contributed by atoms with Gasteiger partial charge < -0.3 is 9.88 Å². The monoisotopic (exact) mass is 472 g/mol. The SMILES string of the molecule is Cn1ccnc1Sc1ccc(F)cc1NC(=O)Cc1csc(Cc2cccc(Cl)c2)n1. The van der Waals surface area contributed by atoms with E-state index in [-0.39, 0.29) is 12.3 Å². The molecule has 1 N–H and O–H groups in total. The standard InChI is InChI=1S/C22H18ClFN4OS2/c1-28-8-7-25-22(28)31-19-6-5-16(24)11-18(19)27-20(29)12-17-13-30-21(26-17)10-14-3-2-4-15(23)9-14/h2-9,11,13H,10,12H2,1H3,(H,27,29). The van der Waals surface area contributed by atoms with Gasteiger partial charge in [0.05, 0.1) is 22.8 Å². The highest BCUT2D eigenvalue weighted by Crippen LogP contribution is 2.33. The van der Waals surface area contributed by atoms with Gasteiger partial charge in [-0.25, -0.2) is 14.4 Å². The summed E-state index contributed by atoms with van der Waals surface area (Å²) < 4.78 is 15.7. The number of nitrogens with zero attached hydrogens (tertiary/aromatic N) is 3. The first-order valence-electron chi connectivity index (χ1n) is 9.38. The average molecular weight is 473 g/mol. The number of hydrogen-bond donors (Lipinski definition) is 1. The van der Waals surface area contributed by atoms with Crippen molar-refractivity contribution < 1.29 is 9.18 Å². The number of rotatable bonds is 7. The fourth-order valence-electron chi connectivity index (χ4n) is 2.93. The summed E-state index contributed by atoms with van der Waals surface area (Å²) in [4.78, 5) is 22.1. The maximum Gasteiger partial charge on any atom is 0.230 e. The first-order valence-corrected chi connectivity index (χ1v) is 11.5. The molecule has 0 saturated carbocycles. The summed E-state index contributed by atoms with van der Waals surface area (Å²) in [5, 5.41) is 7.01. The lowest BCUT2D eigenvalue weighted by Gasteiger charge is -2.10. The highest BCUT2D eigenvalue weighted by Gasteiger charge is 2.14. The number of aromatic nitrogens is 3. The molecule has 0 aliphatic rings. The summed E-state index contributed by atoms with van der Waals surface area (Å²) in [6.07, 6.45) is 4.27. The Labute approximate surface area is 192 Å². The quantitative estimate of drug-likeness (QED) is 0.380. The number of thiazole rings is 1. The molecule has 2 aromatic heterocycles. The molecule has 0 aliphatic heterocycles. The largest absolute Gasteiger partial charge is 0.329 e. The van der Waals surface area contributed by atoms with Crippen LogP contribution in [-0.2, 0) is 24.7 Å². The van der Waals surface area contributed by atoms with Gasteiger partial charge in [0.1, 0.15) is 5.82 Å². The molecule has 0 saturated heterocycles. The molecule has 9 heteroatoms. The van der Waals surface area contributed by atoms with Crippen molar-refractivity contribution in [2.24, 2.45) is 7.05 Å². The molecule has 5 nitrogen and oxygen atoms in total. The molecule has 0 unspecified atom stereocenters. The van der Waals surface area contributed by atoms with Crippen molar-refractivity contribution in [1.82, 2.24) is 14.5 Å². The molecule has 2 aromatic carbocycles. The lowest BCUT2D eigenvalue weighted by molar-refractivity contribution is -0.115. The normalized spacial score (nSPS) is 10.9. The van der Waals surface area contributed by atoms with Crippen LogP contribution in [-0.4, -0.2) is 20.4 Å². The molecule has 2 heterocycles. The van der Waals surface area contributed by atoms with Crippen LogP contribution in [0.15, 0.2) is 70.3 Å². The first kappa shape index (κ1) is 21.5. The first-order chi connectivity index (χ1) is 15.0. The zero-order chi connectivity index (χ0) is 21.8. The minimum atomic E-state index is -0.419. The number of nitrogens with one attached hydrogen (secondary N) is 1. The van der Waals surface area contributed by atoms with Gasteiger partial charge in [0.25, 0.3) is 0 Å². The Morgan fingerprint density at radius 1 is 1.29 bits per heavy atom. The van der Waals surface area contributed by atoms with Gasteiger partial charge in [-0.05, 0) is 47.7 Å². The minimum absolute atomic E-state index is 0.106. The predicted octanol–water partition coefficient (Wildman–Crippen LogP) is 5.59. The summed E-state index contributed by atoms with van der Waals surface area (Å²) in [5.74, 6) is -0.677. The van der Waals surface area contributed by atoms with E-state index in [1.165, 1.54) is 35.2 Å². The van der Waals surface area contributed by atoms with Crippen LogP contribution in [0.4, 0.5) is 10.1 Å². The Kier molecular flexibility index (Phi) is 6.70. The topological polar surface area (TPSA) is 59.8 Å². The number of aryl methyl sites for hydroxylation is 1. The van der Waals surface area contributed by atoms with Gasteiger partial charge >= 0.3 is 0 Å². The van der Waals surface area contributed by atoms with Crippen LogP contribution in [0.25, 0.3) is 0 Å². The van der Waals surface area contributed by atoms with E-state index in [9.17, 15) is 9.18 Å². The van der Waals surface area contributed by atoms with Crippen molar-refractivity contribution >= 4 is 46.3 Å². The number of amides is 1. The van der Waals surface area contributed by atoms with Crippen molar-refractivity contribution in [2.45, 2.75) is 22.9 Å². The van der Waals surface area contributed by atoms with Gasteiger partial charge in [0, 0.05) is 41.2 Å². The Hall–Kier alpha value is -2.68. The molecule has 0 spiro atoms. The second-order valence-electron chi connectivity index (χ2n) is 6.83. The molecule has 31 heavy (non-hydrogen) atoms. The molecule has 0 atom stereocenters. The predicted molar refractivity (Wildman–Crippen MR) is 122 cm³/mol. The van der Waals surface area contributed by atoms with Gasteiger partial charge in [-0.3, -0.25) is 4.79 Å². The summed E-state index contributed by atoms with van der Waals surface area (Å²) in [7, 11) is 1.88. The van der Waals surface area contributed by atoms with Crippen molar-refractivity contribution in [3.05, 3.63) is 87.3 Å². The Morgan fingerprint density at radius 3 is 2.94 bits per heavy atom. The van der Waals surface area contributed by atoms with Crippen molar-refractivity contribution in [1.29, 1.82) is 0 Å². The number of anilines is 1. The number of hydrogen-bond acceptors (Lipinski definition) is 5. The van der Waals surface area contributed by atoms with Gasteiger partial charge in [-0.1, -0.05) is 23.7 Å². The number of imidazole rings is 1. The minimum Gasteiger partial charge on any atom is -0.329 e. The van der Waals surface area contributed by atoms with Crippen LogP contribution < -0.4 is 5.32 Å². The van der Waals surface area contributed by atoms with Crippen LogP contribution in [0, 0.1) is 5.82 Å². The van der Waals surface area contributed by atoms with E-state index in [0.29, 0.717) is 27.7 Å². The lowest BCUT2D eigenvalue weighted by Crippen LogP contribution is -2.15. The third-order valence-electron chi connectivity index (χ3n) is 4.38. The van der Waals surface area contributed by atoms with Gasteiger partial charge in [0.2, 0.25) is 5.91 Å².